The molecular formula is C25H33ClO2. The molecule has 152 valence electrons. The molecule has 0 saturated carbocycles. The van der Waals surface area contributed by atoms with Gasteiger partial charge in [0.2, 0.25) is 0 Å². The Morgan fingerprint density at radius 3 is 2.04 bits per heavy atom. The first kappa shape index (κ1) is 22.5. The second-order valence-electron chi connectivity index (χ2n) is 7.59. The number of unbranched alkanes of at least 4 members (excludes halogenated alkanes) is 4. The molecule has 0 fully saturated rings. The number of ether oxygens (including phenoxy) is 1. The molecule has 2 rings (SSSR count). The maximum Gasteiger partial charge on any atom is 0.329 e. The minimum atomic E-state index is -0.612. The van der Waals surface area contributed by atoms with Gasteiger partial charge in [0.1, 0.15) is 11.1 Å². The van der Waals surface area contributed by atoms with Gasteiger partial charge >= 0.3 is 5.97 Å². The van der Waals surface area contributed by atoms with Gasteiger partial charge in [0.25, 0.3) is 0 Å². The molecule has 0 aliphatic carbocycles. The van der Waals surface area contributed by atoms with Crippen LogP contribution in [-0.2, 0) is 11.2 Å². The Bertz CT molecular complexity index is 706. The maximum absolute atomic E-state index is 12.1. The fourth-order valence-electron chi connectivity index (χ4n) is 3.12. The summed E-state index contributed by atoms with van der Waals surface area (Å²) in [6.45, 7) is 6.22. The van der Waals surface area contributed by atoms with Gasteiger partial charge in [0, 0.05) is 0 Å². The lowest BCUT2D eigenvalue weighted by Gasteiger charge is -2.15. The van der Waals surface area contributed by atoms with E-state index in [0.717, 1.165) is 18.4 Å². The van der Waals surface area contributed by atoms with Crippen molar-refractivity contribution in [1.29, 1.82) is 0 Å². The molecule has 2 aromatic carbocycles. The lowest BCUT2D eigenvalue weighted by atomic mass is 10.0. The van der Waals surface area contributed by atoms with E-state index in [0.29, 0.717) is 5.75 Å². The molecule has 2 nitrogen and oxygen atoms in total. The highest BCUT2D eigenvalue weighted by Gasteiger charge is 2.23. The van der Waals surface area contributed by atoms with E-state index < -0.39 is 5.38 Å². The van der Waals surface area contributed by atoms with E-state index in [1.165, 1.54) is 43.2 Å². The number of hydrogen-bond acceptors (Lipinski definition) is 2. The molecule has 0 aliphatic rings. The molecule has 0 aliphatic heterocycles. The molecule has 0 N–H and O–H groups in total. The van der Waals surface area contributed by atoms with E-state index >= 15 is 0 Å². The zero-order valence-electron chi connectivity index (χ0n) is 17.4. The van der Waals surface area contributed by atoms with Crippen LogP contribution in [0.15, 0.2) is 48.5 Å². The van der Waals surface area contributed by atoms with Gasteiger partial charge in [-0.15, -0.1) is 11.6 Å². The Morgan fingerprint density at radius 1 is 0.893 bits per heavy atom. The topological polar surface area (TPSA) is 26.3 Å². The first-order valence-corrected chi connectivity index (χ1v) is 11.0. The second kappa shape index (κ2) is 11.9. The molecule has 2 unspecified atom stereocenters. The lowest BCUT2D eigenvalue weighted by molar-refractivity contribution is -0.134. The van der Waals surface area contributed by atoms with Crippen LogP contribution < -0.4 is 4.74 Å². The van der Waals surface area contributed by atoms with Crippen LogP contribution in [0.4, 0.5) is 0 Å². The Balaban J connectivity index is 1.89. The molecular weight excluding hydrogens is 368 g/mol. The Morgan fingerprint density at radius 2 is 1.46 bits per heavy atom. The van der Waals surface area contributed by atoms with Gasteiger partial charge in [-0.3, -0.25) is 4.79 Å². The summed E-state index contributed by atoms with van der Waals surface area (Å²) in [7, 11) is 0. The second-order valence-corrected chi connectivity index (χ2v) is 8.06. The molecule has 2 aromatic rings. The Kier molecular flexibility index (Phi) is 9.57. The summed E-state index contributed by atoms with van der Waals surface area (Å²) in [6.07, 6.45) is 8.54. The van der Waals surface area contributed by atoms with Gasteiger partial charge in [-0.1, -0.05) is 89.3 Å². The number of benzene rings is 2. The van der Waals surface area contributed by atoms with Crippen molar-refractivity contribution in [2.75, 3.05) is 0 Å². The highest BCUT2D eigenvalue weighted by molar-refractivity contribution is 6.30. The van der Waals surface area contributed by atoms with E-state index in [1.54, 1.807) is 0 Å². The number of carbonyl (C=O) groups excluding carboxylic acids is 1. The van der Waals surface area contributed by atoms with Crippen LogP contribution in [0.2, 0.25) is 0 Å². The van der Waals surface area contributed by atoms with Gasteiger partial charge in [-0.25, -0.2) is 0 Å². The third kappa shape index (κ3) is 6.98. The summed E-state index contributed by atoms with van der Waals surface area (Å²) in [5.41, 5.74) is 3.67. The summed E-state index contributed by atoms with van der Waals surface area (Å²) in [6, 6.07) is 16.4. The molecule has 0 amide bonds. The fraction of sp³-hybridized carbons (Fsp3) is 0.480. The molecule has 28 heavy (non-hydrogen) atoms. The van der Waals surface area contributed by atoms with E-state index in [2.05, 4.69) is 31.2 Å². The third-order valence-electron chi connectivity index (χ3n) is 5.30. The number of halogens is 1. The van der Waals surface area contributed by atoms with Crippen molar-refractivity contribution < 1.29 is 9.53 Å². The average molecular weight is 401 g/mol. The van der Waals surface area contributed by atoms with Crippen LogP contribution in [0.1, 0.15) is 64.9 Å². The summed E-state index contributed by atoms with van der Waals surface area (Å²) in [5, 5.41) is -0.612. The Hall–Kier alpha value is -1.80. The zero-order valence-corrected chi connectivity index (χ0v) is 18.2. The lowest BCUT2D eigenvalue weighted by Crippen LogP contribution is -2.26. The van der Waals surface area contributed by atoms with Crippen molar-refractivity contribution in [3.63, 3.8) is 0 Å². The monoisotopic (exact) mass is 400 g/mol. The van der Waals surface area contributed by atoms with Crippen LogP contribution in [0.5, 0.6) is 5.75 Å². The van der Waals surface area contributed by atoms with E-state index in [4.69, 9.17) is 16.3 Å². The number of esters is 1. The van der Waals surface area contributed by atoms with Crippen molar-refractivity contribution >= 4 is 17.6 Å². The van der Waals surface area contributed by atoms with Crippen molar-refractivity contribution in [2.24, 2.45) is 5.92 Å². The highest BCUT2D eigenvalue weighted by Crippen LogP contribution is 2.24. The SMILES string of the molecule is CCCCCCCc1ccc(-c2ccc(OC(=O)C(Cl)C(C)CC)cc2)cc1. The van der Waals surface area contributed by atoms with Gasteiger partial charge in [-0.2, -0.15) is 0 Å². The summed E-state index contributed by atoms with van der Waals surface area (Å²) in [4.78, 5) is 12.1. The summed E-state index contributed by atoms with van der Waals surface area (Å²) >= 11 is 6.16. The van der Waals surface area contributed by atoms with Gasteiger partial charge in [-0.05, 0) is 47.6 Å². The quantitative estimate of drug-likeness (QED) is 0.170. The fourth-order valence-corrected chi connectivity index (χ4v) is 3.35. The van der Waals surface area contributed by atoms with Crippen molar-refractivity contribution in [1.82, 2.24) is 0 Å². The number of carbonyl (C=O) groups is 1. The van der Waals surface area contributed by atoms with Gasteiger partial charge in [0.15, 0.2) is 0 Å². The maximum atomic E-state index is 12.1. The zero-order chi connectivity index (χ0) is 20.4. The number of rotatable bonds is 11. The van der Waals surface area contributed by atoms with Gasteiger partial charge < -0.3 is 4.74 Å². The minimum absolute atomic E-state index is 0.0959. The van der Waals surface area contributed by atoms with E-state index in [9.17, 15) is 4.79 Å². The molecule has 0 bridgehead atoms. The average Bonchev–Trinajstić information content (AvgIpc) is 2.73. The molecule has 0 spiro atoms. The number of aryl methyl sites for hydroxylation is 1. The van der Waals surface area contributed by atoms with E-state index in [-0.39, 0.29) is 11.9 Å². The van der Waals surface area contributed by atoms with Crippen LogP contribution in [0, 0.1) is 5.92 Å². The van der Waals surface area contributed by atoms with Crippen LogP contribution in [0.25, 0.3) is 11.1 Å². The van der Waals surface area contributed by atoms with Gasteiger partial charge in [0.05, 0.1) is 0 Å². The minimum Gasteiger partial charge on any atom is -0.425 e. The molecule has 0 saturated heterocycles. The number of hydrogen-bond donors (Lipinski definition) is 0. The molecule has 0 aromatic heterocycles. The highest BCUT2D eigenvalue weighted by atomic mass is 35.5. The smallest absolute Gasteiger partial charge is 0.329 e. The molecule has 2 atom stereocenters. The third-order valence-corrected chi connectivity index (χ3v) is 5.91. The largest absolute Gasteiger partial charge is 0.425 e. The predicted octanol–water partition coefficient (Wildman–Crippen LogP) is 7.43. The molecule has 3 heteroatoms. The standard InChI is InChI=1S/C25H33ClO2/c1-4-6-7-8-9-10-20-11-13-21(14-12-20)22-15-17-23(18-16-22)28-25(27)24(26)19(3)5-2/h11-19,24H,4-10H2,1-3H3. The summed E-state index contributed by atoms with van der Waals surface area (Å²) in [5.74, 6) is 0.247. The van der Waals surface area contributed by atoms with Crippen molar-refractivity contribution in [2.45, 2.75) is 71.1 Å². The Labute approximate surface area is 175 Å². The van der Waals surface area contributed by atoms with Crippen molar-refractivity contribution in [3.8, 4) is 16.9 Å². The normalized spacial score (nSPS) is 13.1. The first-order valence-electron chi connectivity index (χ1n) is 10.6. The van der Waals surface area contributed by atoms with Crippen molar-refractivity contribution in [3.05, 3.63) is 54.1 Å². The first-order chi connectivity index (χ1) is 13.5. The van der Waals surface area contributed by atoms with Crippen LogP contribution in [0.3, 0.4) is 0 Å². The van der Waals surface area contributed by atoms with Crippen LogP contribution >= 0.6 is 11.6 Å². The summed E-state index contributed by atoms with van der Waals surface area (Å²) < 4.78 is 5.41. The molecule has 0 heterocycles. The molecule has 0 radical (unpaired) electrons. The van der Waals surface area contributed by atoms with Crippen LogP contribution in [-0.4, -0.2) is 11.3 Å². The predicted molar refractivity (Wildman–Crippen MR) is 119 cm³/mol. The number of alkyl halides is 1. The van der Waals surface area contributed by atoms with E-state index in [1.807, 2.05) is 38.1 Å².